The highest BCUT2D eigenvalue weighted by Crippen LogP contribution is 2.23. The topological polar surface area (TPSA) is 12.0 Å². The van der Waals surface area contributed by atoms with Crippen LogP contribution in [-0.2, 0) is 11.8 Å². The summed E-state index contributed by atoms with van der Waals surface area (Å²) in [6.45, 7) is 8.78. The highest BCUT2D eigenvalue weighted by Gasteiger charge is 2.13. The Morgan fingerprint density at radius 1 is 0.952 bits per heavy atom. The lowest BCUT2D eigenvalue weighted by atomic mass is 9.87. The molecule has 2 aromatic carbocycles. The third-order valence-corrected chi connectivity index (χ3v) is 3.62. The molecule has 0 radical (unpaired) electrons. The van der Waals surface area contributed by atoms with E-state index in [9.17, 15) is 4.39 Å². The predicted octanol–water partition coefficient (Wildman–Crippen LogP) is 5.17. The van der Waals surface area contributed by atoms with E-state index in [-0.39, 0.29) is 11.2 Å². The first kappa shape index (κ1) is 15.6. The molecule has 1 nitrogen and oxygen atoms in total. The maximum Gasteiger partial charge on any atom is 0.123 e. The van der Waals surface area contributed by atoms with Gasteiger partial charge in [0.05, 0.1) is 0 Å². The van der Waals surface area contributed by atoms with Crippen LogP contribution in [-0.4, -0.2) is 6.04 Å². The van der Waals surface area contributed by atoms with E-state index in [2.05, 4.69) is 57.3 Å². The first-order valence-electron chi connectivity index (χ1n) is 7.46. The van der Waals surface area contributed by atoms with Gasteiger partial charge < -0.3 is 5.32 Å². The Labute approximate surface area is 127 Å². The second-order valence-corrected chi connectivity index (χ2v) is 6.70. The highest BCUT2D eigenvalue weighted by atomic mass is 19.1. The molecule has 21 heavy (non-hydrogen) atoms. The molecule has 0 aromatic heterocycles. The molecule has 0 bridgehead atoms. The molecule has 112 valence electrons. The summed E-state index contributed by atoms with van der Waals surface area (Å²) < 4.78 is 12.9. The van der Waals surface area contributed by atoms with Gasteiger partial charge in [-0.15, -0.1) is 0 Å². The zero-order chi connectivity index (χ0) is 15.5. The van der Waals surface area contributed by atoms with Crippen molar-refractivity contribution in [3.05, 3.63) is 65.5 Å². The molecule has 1 N–H and O–H groups in total. The second kappa shape index (κ2) is 6.30. The molecule has 0 spiro atoms. The lowest BCUT2D eigenvalue weighted by Crippen LogP contribution is -2.18. The molecule has 0 fully saturated rings. The zero-order valence-corrected chi connectivity index (χ0v) is 13.3. The third-order valence-electron chi connectivity index (χ3n) is 3.62. The summed E-state index contributed by atoms with van der Waals surface area (Å²) in [6, 6.07) is 15.6. The van der Waals surface area contributed by atoms with E-state index >= 15 is 0 Å². The number of hydrogen-bond donors (Lipinski definition) is 1. The molecule has 0 aliphatic rings. The van der Waals surface area contributed by atoms with Gasteiger partial charge in [0.25, 0.3) is 0 Å². The summed E-state index contributed by atoms with van der Waals surface area (Å²) in [5.41, 5.74) is 3.78. The fourth-order valence-electron chi connectivity index (χ4n) is 2.38. The van der Waals surface area contributed by atoms with Gasteiger partial charge in [-0.05, 0) is 54.2 Å². The Morgan fingerprint density at radius 2 is 1.52 bits per heavy atom. The van der Waals surface area contributed by atoms with Gasteiger partial charge in [-0.1, -0.05) is 45.0 Å². The SMILES string of the molecule is CC(Cc1ccc(F)cc1)Nc1ccc(C(C)(C)C)cc1. The van der Waals surface area contributed by atoms with E-state index in [1.54, 1.807) is 0 Å². The maximum absolute atomic E-state index is 12.9. The molecule has 0 aliphatic carbocycles. The molecule has 1 atom stereocenters. The minimum absolute atomic E-state index is 0.179. The van der Waals surface area contributed by atoms with Crippen LogP contribution in [0.2, 0.25) is 0 Å². The molecule has 0 saturated carbocycles. The number of rotatable bonds is 4. The second-order valence-electron chi connectivity index (χ2n) is 6.70. The third kappa shape index (κ3) is 4.59. The number of anilines is 1. The molecule has 0 amide bonds. The molecule has 0 aliphatic heterocycles. The Balaban J connectivity index is 1.96. The van der Waals surface area contributed by atoms with E-state index in [1.807, 2.05) is 12.1 Å². The number of benzene rings is 2. The van der Waals surface area contributed by atoms with Crippen molar-refractivity contribution < 1.29 is 4.39 Å². The lowest BCUT2D eigenvalue weighted by molar-refractivity contribution is 0.590. The normalized spacial score (nSPS) is 13.0. The summed E-state index contributed by atoms with van der Waals surface area (Å²) in [5, 5.41) is 3.49. The van der Waals surface area contributed by atoms with Crippen molar-refractivity contribution >= 4 is 5.69 Å². The van der Waals surface area contributed by atoms with Gasteiger partial charge in [-0.2, -0.15) is 0 Å². The molecule has 2 heteroatoms. The van der Waals surface area contributed by atoms with Crippen LogP contribution in [0.4, 0.5) is 10.1 Å². The van der Waals surface area contributed by atoms with Crippen LogP contribution in [0.15, 0.2) is 48.5 Å². The van der Waals surface area contributed by atoms with Crippen molar-refractivity contribution in [2.24, 2.45) is 0 Å². The Kier molecular flexibility index (Phi) is 4.66. The summed E-state index contributed by atoms with van der Waals surface area (Å²) in [4.78, 5) is 0. The molecule has 0 heterocycles. The van der Waals surface area contributed by atoms with Crippen molar-refractivity contribution in [2.45, 2.75) is 45.6 Å². The Morgan fingerprint density at radius 3 is 2.05 bits per heavy atom. The molecule has 1 unspecified atom stereocenters. The van der Waals surface area contributed by atoms with Crippen LogP contribution < -0.4 is 5.32 Å². The van der Waals surface area contributed by atoms with Crippen molar-refractivity contribution in [3.8, 4) is 0 Å². The minimum Gasteiger partial charge on any atom is -0.382 e. The molecule has 2 aromatic rings. The largest absolute Gasteiger partial charge is 0.382 e. The lowest BCUT2D eigenvalue weighted by Gasteiger charge is -2.20. The van der Waals surface area contributed by atoms with Crippen molar-refractivity contribution in [2.75, 3.05) is 5.32 Å². The van der Waals surface area contributed by atoms with Gasteiger partial charge in [-0.3, -0.25) is 0 Å². The monoisotopic (exact) mass is 285 g/mol. The van der Waals surface area contributed by atoms with Gasteiger partial charge in [0.15, 0.2) is 0 Å². The fraction of sp³-hybridized carbons (Fsp3) is 0.368. The maximum atomic E-state index is 12.9. The van der Waals surface area contributed by atoms with Crippen LogP contribution in [0.1, 0.15) is 38.8 Å². The van der Waals surface area contributed by atoms with Crippen molar-refractivity contribution in [1.82, 2.24) is 0 Å². The molecule has 0 saturated heterocycles. The van der Waals surface area contributed by atoms with Gasteiger partial charge in [0.1, 0.15) is 5.82 Å². The van der Waals surface area contributed by atoms with Gasteiger partial charge in [0, 0.05) is 11.7 Å². The summed E-state index contributed by atoms with van der Waals surface area (Å²) in [5.74, 6) is -0.183. The molecular weight excluding hydrogens is 261 g/mol. The van der Waals surface area contributed by atoms with Gasteiger partial charge >= 0.3 is 0 Å². The van der Waals surface area contributed by atoms with Gasteiger partial charge in [0.2, 0.25) is 0 Å². The standard InChI is InChI=1S/C19H24FN/c1-14(13-15-5-9-17(20)10-6-15)21-18-11-7-16(8-12-18)19(2,3)4/h5-12,14,21H,13H2,1-4H3. The molecular formula is C19H24FN. The van der Waals surface area contributed by atoms with Crippen LogP contribution >= 0.6 is 0 Å². The van der Waals surface area contributed by atoms with Crippen LogP contribution in [0.25, 0.3) is 0 Å². The van der Waals surface area contributed by atoms with Crippen LogP contribution in [0.5, 0.6) is 0 Å². The van der Waals surface area contributed by atoms with E-state index in [0.29, 0.717) is 6.04 Å². The Hall–Kier alpha value is -1.83. The highest BCUT2D eigenvalue weighted by molar-refractivity contribution is 5.46. The average molecular weight is 285 g/mol. The predicted molar refractivity (Wildman–Crippen MR) is 88.3 cm³/mol. The first-order valence-corrected chi connectivity index (χ1v) is 7.46. The van der Waals surface area contributed by atoms with Crippen LogP contribution in [0, 0.1) is 5.82 Å². The number of halogens is 1. The summed E-state index contributed by atoms with van der Waals surface area (Å²) >= 11 is 0. The minimum atomic E-state index is -0.183. The Bertz CT molecular complexity index is 564. The first-order chi connectivity index (χ1) is 9.84. The zero-order valence-electron chi connectivity index (χ0n) is 13.3. The van der Waals surface area contributed by atoms with E-state index < -0.39 is 0 Å². The fourth-order valence-corrected chi connectivity index (χ4v) is 2.38. The van der Waals surface area contributed by atoms with E-state index in [0.717, 1.165) is 17.7 Å². The van der Waals surface area contributed by atoms with Crippen LogP contribution in [0.3, 0.4) is 0 Å². The smallest absolute Gasteiger partial charge is 0.123 e. The number of hydrogen-bond acceptors (Lipinski definition) is 1. The number of nitrogens with one attached hydrogen (secondary N) is 1. The quantitative estimate of drug-likeness (QED) is 0.817. The van der Waals surface area contributed by atoms with E-state index in [4.69, 9.17) is 0 Å². The average Bonchev–Trinajstić information content (AvgIpc) is 2.41. The van der Waals surface area contributed by atoms with Gasteiger partial charge in [-0.25, -0.2) is 4.39 Å². The summed E-state index contributed by atoms with van der Waals surface area (Å²) in [7, 11) is 0. The van der Waals surface area contributed by atoms with E-state index in [1.165, 1.54) is 17.7 Å². The molecule has 2 rings (SSSR count). The summed E-state index contributed by atoms with van der Waals surface area (Å²) in [6.07, 6.45) is 0.876. The van der Waals surface area contributed by atoms with Crippen molar-refractivity contribution in [1.29, 1.82) is 0 Å². The van der Waals surface area contributed by atoms with Crippen molar-refractivity contribution in [3.63, 3.8) is 0 Å².